The van der Waals surface area contributed by atoms with E-state index in [9.17, 15) is 8.42 Å². The molecule has 0 spiro atoms. The first-order chi connectivity index (χ1) is 8.99. The Balaban J connectivity index is 2.03. The van der Waals surface area contributed by atoms with E-state index < -0.39 is 10.0 Å². The molecule has 0 aliphatic rings. The summed E-state index contributed by atoms with van der Waals surface area (Å²) in [5.41, 5.74) is 1.13. The molecule has 0 aliphatic heterocycles. The predicted molar refractivity (Wildman–Crippen MR) is 82.4 cm³/mol. The molecule has 1 aromatic carbocycles. The molecule has 2 rings (SSSR count). The highest BCUT2D eigenvalue weighted by Gasteiger charge is 2.14. The van der Waals surface area contributed by atoms with Crippen LogP contribution in [0, 0.1) is 0 Å². The van der Waals surface area contributed by atoms with Crippen molar-refractivity contribution in [2.45, 2.75) is 11.3 Å². The second-order valence-electron chi connectivity index (χ2n) is 3.86. The second kappa shape index (κ2) is 6.37. The third kappa shape index (κ3) is 4.03. The third-order valence-corrected chi connectivity index (χ3v) is 5.89. The van der Waals surface area contributed by atoms with Crippen LogP contribution in [0.15, 0.2) is 44.4 Å². The van der Waals surface area contributed by atoms with Crippen LogP contribution in [-0.2, 0) is 16.4 Å². The zero-order chi connectivity index (χ0) is 13.9. The van der Waals surface area contributed by atoms with E-state index in [1.54, 1.807) is 17.4 Å². The Labute approximate surface area is 129 Å². The van der Waals surface area contributed by atoms with Crippen LogP contribution >= 0.6 is 38.9 Å². The van der Waals surface area contributed by atoms with Gasteiger partial charge in [0.25, 0.3) is 0 Å². The van der Waals surface area contributed by atoms with Gasteiger partial charge in [-0.1, -0.05) is 11.6 Å². The van der Waals surface area contributed by atoms with Crippen LogP contribution in [0.1, 0.15) is 5.56 Å². The maximum Gasteiger partial charge on any atom is 0.240 e. The number of rotatable bonds is 5. The lowest BCUT2D eigenvalue weighted by Gasteiger charge is -2.07. The van der Waals surface area contributed by atoms with Crippen LogP contribution in [0.5, 0.6) is 0 Å². The van der Waals surface area contributed by atoms with Gasteiger partial charge in [-0.25, -0.2) is 13.1 Å². The summed E-state index contributed by atoms with van der Waals surface area (Å²) in [5, 5.41) is 4.46. The molecule has 0 saturated carbocycles. The molecule has 0 fully saturated rings. The highest BCUT2D eigenvalue weighted by atomic mass is 79.9. The monoisotopic (exact) mass is 379 g/mol. The molecule has 0 atom stereocenters. The van der Waals surface area contributed by atoms with Crippen molar-refractivity contribution >= 4 is 48.9 Å². The van der Waals surface area contributed by atoms with E-state index >= 15 is 0 Å². The highest BCUT2D eigenvalue weighted by molar-refractivity contribution is 9.10. The SMILES string of the molecule is O=S(=O)(NCCc1ccsc1)c1ccc(Cl)c(Br)c1. The van der Waals surface area contributed by atoms with Crippen molar-refractivity contribution in [1.82, 2.24) is 4.72 Å². The molecule has 0 radical (unpaired) electrons. The van der Waals surface area contributed by atoms with Gasteiger partial charge in [0, 0.05) is 11.0 Å². The zero-order valence-corrected chi connectivity index (χ0v) is 13.7. The van der Waals surface area contributed by atoms with Crippen molar-refractivity contribution in [3.8, 4) is 0 Å². The summed E-state index contributed by atoms with van der Waals surface area (Å²) in [6.07, 6.45) is 0.678. The maximum absolute atomic E-state index is 12.1. The van der Waals surface area contributed by atoms with Gasteiger partial charge in [0.2, 0.25) is 10.0 Å². The van der Waals surface area contributed by atoms with Crippen LogP contribution < -0.4 is 4.72 Å². The van der Waals surface area contributed by atoms with Gasteiger partial charge in [0.05, 0.1) is 9.92 Å². The van der Waals surface area contributed by atoms with Crippen LogP contribution in [0.4, 0.5) is 0 Å². The van der Waals surface area contributed by atoms with E-state index in [0.717, 1.165) is 5.56 Å². The van der Waals surface area contributed by atoms with E-state index in [1.165, 1.54) is 12.1 Å². The van der Waals surface area contributed by atoms with Crippen LogP contribution in [0.2, 0.25) is 5.02 Å². The summed E-state index contributed by atoms with van der Waals surface area (Å²) < 4.78 is 27.2. The van der Waals surface area contributed by atoms with Gasteiger partial charge >= 0.3 is 0 Å². The van der Waals surface area contributed by atoms with Crippen LogP contribution in [-0.4, -0.2) is 15.0 Å². The van der Waals surface area contributed by atoms with E-state index in [4.69, 9.17) is 11.6 Å². The van der Waals surface area contributed by atoms with Crippen molar-refractivity contribution in [2.75, 3.05) is 6.54 Å². The number of benzene rings is 1. The number of thiophene rings is 1. The van der Waals surface area contributed by atoms with E-state index in [1.807, 2.05) is 16.8 Å². The van der Waals surface area contributed by atoms with Gasteiger partial charge in [-0.2, -0.15) is 11.3 Å². The lowest BCUT2D eigenvalue weighted by Crippen LogP contribution is -2.25. The summed E-state index contributed by atoms with van der Waals surface area (Å²) >= 11 is 10.7. The quantitative estimate of drug-likeness (QED) is 0.860. The predicted octanol–water partition coefficient (Wildman–Crippen LogP) is 3.69. The minimum Gasteiger partial charge on any atom is -0.211 e. The molecule has 102 valence electrons. The molecular formula is C12H11BrClNO2S2. The summed E-state index contributed by atoms with van der Waals surface area (Å²) in [5.74, 6) is 0. The topological polar surface area (TPSA) is 46.2 Å². The van der Waals surface area contributed by atoms with Gasteiger partial charge < -0.3 is 0 Å². The normalized spacial score (nSPS) is 11.7. The Morgan fingerprint density at radius 2 is 2.11 bits per heavy atom. The molecule has 0 bridgehead atoms. The van der Waals surface area contributed by atoms with Gasteiger partial charge in [-0.05, 0) is 62.9 Å². The molecule has 1 aromatic heterocycles. The molecule has 2 aromatic rings. The average molecular weight is 381 g/mol. The number of hydrogen-bond acceptors (Lipinski definition) is 3. The summed E-state index contributed by atoms with van der Waals surface area (Å²) in [6.45, 7) is 0.374. The Kier molecular flexibility index (Phi) is 5.03. The van der Waals surface area contributed by atoms with Crippen molar-refractivity contribution in [2.24, 2.45) is 0 Å². The van der Waals surface area contributed by atoms with E-state index in [2.05, 4.69) is 20.7 Å². The molecule has 3 nitrogen and oxygen atoms in total. The highest BCUT2D eigenvalue weighted by Crippen LogP contribution is 2.25. The van der Waals surface area contributed by atoms with E-state index in [-0.39, 0.29) is 4.90 Å². The number of nitrogens with one attached hydrogen (secondary N) is 1. The minimum absolute atomic E-state index is 0.203. The summed E-state index contributed by atoms with van der Waals surface area (Å²) in [7, 11) is -3.49. The molecule has 0 unspecified atom stereocenters. The largest absolute Gasteiger partial charge is 0.240 e. The lowest BCUT2D eigenvalue weighted by atomic mass is 10.2. The Morgan fingerprint density at radius 1 is 1.32 bits per heavy atom. The number of halogens is 2. The van der Waals surface area contributed by atoms with Crippen molar-refractivity contribution in [3.63, 3.8) is 0 Å². The molecule has 1 heterocycles. The number of hydrogen-bond donors (Lipinski definition) is 1. The van der Waals surface area contributed by atoms with Crippen LogP contribution in [0.3, 0.4) is 0 Å². The Bertz CT molecular complexity index is 656. The van der Waals surface area contributed by atoms with Gasteiger partial charge in [0.15, 0.2) is 0 Å². The van der Waals surface area contributed by atoms with Crippen molar-refractivity contribution < 1.29 is 8.42 Å². The van der Waals surface area contributed by atoms with Gasteiger partial charge in [-0.3, -0.25) is 0 Å². The Hall–Kier alpha value is -0.400. The van der Waals surface area contributed by atoms with E-state index in [0.29, 0.717) is 22.5 Å². The molecule has 1 N–H and O–H groups in total. The Morgan fingerprint density at radius 3 is 2.74 bits per heavy atom. The zero-order valence-electron chi connectivity index (χ0n) is 9.77. The van der Waals surface area contributed by atoms with Crippen molar-refractivity contribution in [1.29, 1.82) is 0 Å². The molecule has 0 aliphatic carbocycles. The maximum atomic E-state index is 12.1. The standard InChI is InChI=1S/C12H11BrClNO2S2/c13-11-7-10(1-2-12(11)14)19(16,17)15-5-3-9-4-6-18-8-9/h1-2,4,6-8,15H,3,5H2. The molecule has 0 amide bonds. The first-order valence-electron chi connectivity index (χ1n) is 5.45. The van der Waals surface area contributed by atoms with Crippen LogP contribution in [0.25, 0.3) is 0 Å². The van der Waals surface area contributed by atoms with Crippen molar-refractivity contribution in [3.05, 3.63) is 50.1 Å². The summed E-state index contributed by atoms with van der Waals surface area (Å²) in [4.78, 5) is 0.203. The first kappa shape index (κ1) is 15.0. The smallest absolute Gasteiger partial charge is 0.211 e. The fourth-order valence-electron chi connectivity index (χ4n) is 1.49. The molecule has 7 heteroatoms. The lowest BCUT2D eigenvalue weighted by molar-refractivity contribution is 0.581. The molecular weight excluding hydrogens is 370 g/mol. The molecule has 0 saturated heterocycles. The first-order valence-corrected chi connectivity index (χ1v) is 9.04. The fraction of sp³-hybridized carbons (Fsp3) is 0.167. The molecule has 19 heavy (non-hydrogen) atoms. The summed E-state index contributed by atoms with van der Waals surface area (Å²) in [6, 6.07) is 6.52. The average Bonchev–Trinajstić information content (AvgIpc) is 2.85. The van der Waals surface area contributed by atoms with Gasteiger partial charge in [-0.15, -0.1) is 0 Å². The fourth-order valence-corrected chi connectivity index (χ4v) is 3.90. The minimum atomic E-state index is -3.49. The van der Waals surface area contributed by atoms with Gasteiger partial charge in [0.1, 0.15) is 0 Å². The third-order valence-electron chi connectivity index (χ3n) is 2.49. The second-order valence-corrected chi connectivity index (χ2v) is 7.66. The number of sulfonamides is 1.